The minimum Gasteiger partial charge on any atom is -0.316 e. The van der Waals surface area contributed by atoms with Crippen molar-refractivity contribution < 1.29 is 8.42 Å². The van der Waals surface area contributed by atoms with Crippen LogP contribution in [0.25, 0.3) is 0 Å². The first-order valence-electron chi connectivity index (χ1n) is 6.94. The maximum atomic E-state index is 11.4. The van der Waals surface area contributed by atoms with Crippen LogP contribution in [0.5, 0.6) is 0 Å². The molecule has 2 heterocycles. The molecule has 1 unspecified atom stereocenters. The van der Waals surface area contributed by atoms with Gasteiger partial charge in [-0.3, -0.25) is 0 Å². The van der Waals surface area contributed by atoms with Gasteiger partial charge >= 0.3 is 0 Å². The van der Waals surface area contributed by atoms with E-state index in [1.165, 1.54) is 38.6 Å². The SMILES string of the molecule is CS(=O)(=O)N1CCN(CCCC2CCNC2)CC1. The molecule has 2 rings (SSSR count). The molecule has 0 amide bonds. The quantitative estimate of drug-likeness (QED) is 0.764. The summed E-state index contributed by atoms with van der Waals surface area (Å²) in [5, 5.41) is 3.40. The van der Waals surface area contributed by atoms with E-state index in [0.29, 0.717) is 13.1 Å². The Hall–Kier alpha value is -0.170. The Bertz CT molecular complexity index is 344. The summed E-state index contributed by atoms with van der Waals surface area (Å²) in [7, 11) is -2.98. The molecule has 0 aromatic heterocycles. The molecule has 0 spiro atoms. The molecule has 0 aliphatic carbocycles. The van der Waals surface area contributed by atoms with E-state index in [2.05, 4.69) is 10.2 Å². The number of piperazine rings is 1. The van der Waals surface area contributed by atoms with Crippen molar-refractivity contribution in [2.24, 2.45) is 5.92 Å². The van der Waals surface area contributed by atoms with Gasteiger partial charge in [0.05, 0.1) is 6.26 Å². The second-order valence-electron chi connectivity index (χ2n) is 5.50. The highest BCUT2D eigenvalue weighted by Gasteiger charge is 2.23. The third-order valence-electron chi connectivity index (χ3n) is 4.05. The maximum absolute atomic E-state index is 11.4. The lowest BCUT2D eigenvalue weighted by molar-refractivity contribution is 0.184. The van der Waals surface area contributed by atoms with Gasteiger partial charge in [0.25, 0.3) is 0 Å². The fourth-order valence-electron chi connectivity index (χ4n) is 2.85. The van der Waals surface area contributed by atoms with Crippen molar-refractivity contribution in [3.05, 3.63) is 0 Å². The lowest BCUT2D eigenvalue weighted by Gasteiger charge is -2.33. The first kappa shape index (κ1) is 14.2. The molecule has 6 heteroatoms. The topological polar surface area (TPSA) is 52.7 Å². The molecule has 106 valence electrons. The first-order chi connectivity index (χ1) is 8.55. The van der Waals surface area contributed by atoms with E-state index in [1.54, 1.807) is 4.31 Å². The van der Waals surface area contributed by atoms with Crippen LogP contribution in [0.3, 0.4) is 0 Å². The van der Waals surface area contributed by atoms with E-state index in [-0.39, 0.29) is 0 Å². The molecule has 2 fully saturated rings. The summed E-state index contributed by atoms with van der Waals surface area (Å²) in [6.45, 7) is 6.56. The fourth-order valence-corrected chi connectivity index (χ4v) is 3.68. The van der Waals surface area contributed by atoms with E-state index in [0.717, 1.165) is 25.6 Å². The number of hydrogen-bond donors (Lipinski definition) is 1. The van der Waals surface area contributed by atoms with Gasteiger partial charge in [-0.05, 0) is 44.8 Å². The smallest absolute Gasteiger partial charge is 0.211 e. The van der Waals surface area contributed by atoms with Crippen molar-refractivity contribution in [1.29, 1.82) is 0 Å². The molecular formula is C12H25N3O2S. The van der Waals surface area contributed by atoms with Crippen LogP contribution < -0.4 is 5.32 Å². The number of rotatable bonds is 5. The molecule has 2 saturated heterocycles. The molecule has 0 bridgehead atoms. The van der Waals surface area contributed by atoms with E-state index >= 15 is 0 Å². The summed E-state index contributed by atoms with van der Waals surface area (Å²) in [6.07, 6.45) is 5.17. The summed E-state index contributed by atoms with van der Waals surface area (Å²) in [5.74, 6) is 0.863. The molecule has 18 heavy (non-hydrogen) atoms. The van der Waals surface area contributed by atoms with Crippen LogP contribution in [-0.4, -0.2) is 69.7 Å². The summed E-state index contributed by atoms with van der Waals surface area (Å²) < 4.78 is 24.4. The average molecular weight is 275 g/mol. The van der Waals surface area contributed by atoms with Crippen LogP contribution in [0.15, 0.2) is 0 Å². The Morgan fingerprint density at radius 1 is 1.22 bits per heavy atom. The molecule has 0 aromatic carbocycles. The average Bonchev–Trinajstić information content (AvgIpc) is 2.82. The van der Waals surface area contributed by atoms with Gasteiger partial charge in [0.15, 0.2) is 0 Å². The highest BCUT2D eigenvalue weighted by atomic mass is 32.2. The van der Waals surface area contributed by atoms with Crippen molar-refractivity contribution in [1.82, 2.24) is 14.5 Å². The zero-order valence-corrected chi connectivity index (χ0v) is 12.1. The Labute approximate surface area is 111 Å². The number of nitrogens with zero attached hydrogens (tertiary/aromatic N) is 2. The monoisotopic (exact) mass is 275 g/mol. The predicted molar refractivity (Wildman–Crippen MR) is 73.1 cm³/mol. The van der Waals surface area contributed by atoms with Gasteiger partial charge in [0, 0.05) is 26.2 Å². The normalized spacial score (nSPS) is 27.7. The first-order valence-corrected chi connectivity index (χ1v) is 8.79. The van der Waals surface area contributed by atoms with E-state index in [9.17, 15) is 8.42 Å². The zero-order valence-electron chi connectivity index (χ0n) is 11.3. The zero-order chi connectivity index (χ0) is 13.0. The number of nitrogens with one attached hydrogen (secondary N) is 1. The second kappa shape index (κ2) is 6.32. The van der Waals surface area contributed by atoms with Crippen LogP contribution in [-0.2, 0) is 10.0 Å². The Balaban J connectivity index is 1.61. The Kier molecular flexibility index (Phi) is 5.00. The Morgan fingerprint density at radius 2 is 1.94 bits per heavy atom. The summed E-state index contributed by atoms with van der Waals surface area (Å²) in [6, 6.07) is 0. The van der Waals surface area contributed by atoms with Crippen molar-refractivity contribution in [3.63, 3.8) is 0 Å². The predicted octanol–water partition coefficient (Wildman–Crippen LogP) is -0.0467. The highest BCUT2D eigenvalue weighted by molar-refractivity contribution is 7.88. The minimum atomic E-state index is -2.98. The van der Waals surface area contributed by atoms with Gasteiger partial charge in [-0.1, -0.05) is 0 Å². The van der Waals surface area contributed by atoms with Crippen LogP contribution in [0.2, 0.25) is 0 Å². The molecule has 5 nitrogen and oxygen atoms in total. The van der Waals surface area contributed by atoms with E-state index in [4.69, 9.17) is 0 Å². The van der Waals surface area contributed by atoms with Gasteiger partial charge < -0.3 is 10.2 Å². The van der Waals surface area contributed by atoms with Gasteiger partial charge in [-0.2, -0.15) is 4.31 Å². The van der Waals surface area contributed by atoms with Gasteiger partial charge in [-0.15, -0.1) is 0 Å². The third kappa shape index (κ3) is 4.19. The molecular weight excluding hydrogens is 250 g/mol. The minimum absolute atomic E-state index is 0.657. The largest absolute Gasteiger partial charge is 0.316 e. The van der Waals surface area contributed by atoms with Crippen molar-refractivity contribution in [2.45, 2.75) is 19.3 Å². The molecule has 1 N–H and O–H groups in total. The standard InChI is InChI=1S/C12H25N3O2S/c1-18(16,17)15-9-7-14(8-10-15)6-2-3-12-4-5-13-11-12/h12-13H,2-11H2,1H3. The maximum Gasteiger partial charge on any atom is 0.211 e. The Morgan fingerprint density at radius 3 is 2.50 bits per heavy atom. The van der Waals surface area contributed by atoms with Crippen LogP contribution in [0.4, 0.5) is 0 Å². The highest BCUT2D eigenvalue weighted by Crippen LogP contribution is 2.15. The summed E-state index contributed by atoms with van der Waals surface area (Å²) in [5.41, 5.74) is 0. The van der Waals surface area contributed by atoms with Crippen molar-refractivity contribution in [3.8, 4) is 0 Å². The van der Waals surface area contributed by atoms with Crippen LogP contribution in [0, 0.1) is 5.92 Å². The molecule has 2 aliphatic heterocycles. The third-order valence-corrected chi connectivity index (χ3v) is 5.35. The van der Waals surface area contributed by atoms with E-state index < -0.39 is 10.0 Å². The number of hydrogen-bond acceptors (Lipinski definition) is 4. The molecule has 0 saturated carbocycles. The van der Waals surface area contributed by atoms with Gasteiger partial charge in [0.2, 0.25) is 10.0 Å². The lowest BCUT2D eigenvalue weighted by atomic mass is 10.0. The van der Waals surface area contributed by atoms with Crippen LogP contribution in [0.1, 0.15) is 19.3 Å². The molecule has 2 aliphatic rings. The molecule has 0 aromatic rings. The van der Waals surface area contributed by atoms with Gasteiger partial charge in [-0.25, -0.2) is 8.42 Å². The van der Waals surface area contributed by atoms with E-state index in [1.807, 2.05) is 0 Å². The van der Waals surface area contributed by atoms with Crippen molar-refractivity contribution >= 4 is 10.0 Å². The second-order valence-corrected chi connectivity index (χ2v) is 7.49. The van der Waals surface area contributed by atoms with Crippen molar-refractivity contribution in [2.75, 3.05) is 52.1 Å². The molecule has 1 atom stereocenters. The number of sulfonamides is 1. The molecule has 0 radical (unpaired) electrons. The summed E-state index contributed by atoms with van der Waals surface area (Å²) in [4.78, 5) is 2.39. The van der Waals surface area contributed by atoms with Gasteiger partial charge in [0.1, 0.15) is 0 Å². The summed E-state index contributed by atoms with van der Waals surface area (Å²) >= 11 is 0. The fraction of sp³-hybridized carbons (Fsp3) is 1.00. The lowest BCUT2D eigenvalue weighted by Crippen LogP contribution is -2.48. The van der Waals surface area contributed by atoms with Crippen LogP contribution >= 0.6 is 0 Å².